The molecular formula is C13H20N2O4. The molecule has 6 nitrogen and oxygen atoms in total. The van der Waals surface area contributed by atoms with Gasteiger partial charge in [0.1, 0.15) is 17.5 Å². The molecule has 0 heterocycles. The van der Waals surface area contributed by atoms with Crippen LogP contribution in [-0.4, -0.2) is 45.4 Å². The predicted octanol–water partition coefficient (Wildman–Crippen LogP) is 0.637. The molecule has 0 aliphatic carbocycles. The van der Waals surface area contributed by atoms with Gasteiger partial charge in [-0.25, -0.2) is 0 Å². The quantitative estimate of drug-likeness (QED) is 0.673. The van der Waals surface area contributed by atoms with Crippen molar-refractivity contribution < 1.29 is 19.4 Å². The molecule has 3 N–H and O–H groups in total. The van der Waals surface area contributed by atoms with Crippen LogP contribution in [0.2, 0.25) is 0 Å². The third-order valence-electron chi connectivity index (χ3n) is 3.00. The number of carboxylic acid groups (broad SMARTS) is 1. The average Bonchev–Trinajstić information content (AvgIpc) is 2.43. The number of likely N-dealkylation sites (N-methyl/N-ethyl adjacent to an activating group) is 2. The predicted molar refractivity (Wildman–Crippen MR) is 71.8 cm³/mol. The van der Waals surface area contributed by atoms with Gasteiger partial charge >= 0.3 is 5.97 Å². The first-order chi connectivity index (χ1) is 9.08. The average molecular weight is 268 g/mol. The molecule has 0 aliphatic rings. The van der Waals surface area contributed by atoms with Crippen LogP contribution in [-0.2, 0) is 4.79 Å². The Morgan fingerprint density at radius 1 is 1.21 bits per heavy atom. The van der Waals surface area contributed by atoms with E-state index in [1.165, 1.54) is 0 Å². The summed E-state index contributed by atoms with van der Waals surface area (Å²) in [6.45, 7) is 0. The Kier molecular flexibility index (Phi) is 5.59. The zero-order valence-electron chi connectivity index (χ0n) is 11.6. The lowest BCUT2D eigenvalue weighted by atomic mass is 9.98. The number of carboxylic acids is 1. The zero-order chi connectivity index (χ0) is 14.4. The molecule has 106 valence electrons. The molecule has 6 heteroatoms. The van der Waals surface area contributed by atoms with Crippen molar-refractivity contribution in [2.45, 2.75) is 12.1 Å². The Morgan fingerprint density at radius 3 is 2.32 bits per heavy atom. The fourth-order valence-corrected chi connectivity index (χ4v) is 2.01. The Labute approximate surface area is 112 Å². The van der Waals surface area contributed by atoms with Gasteiger partial charge in [-0.3, -0.25) is 4.79 Å². The molecule has 0 saturated carbocycles. The zero-order valence-corrected chi connectivity index (χ0v) is 11.6. The normalized spacial score (nSPS) is 13.7. The van der Waals surface area contributed by atoms with Crippen molar-refractivity contribution in [2.24, 2.45) is 0 Å². The molecule has 2 unspecified atom stereocenters. The van der Waals surface area contributed by atoms with Gasteiger partial charge in [-0.1, -0.05) is 0 Å². The molecule has 19 heavy (non-hydrogen) atoms. The lowest BCUT2D eigenvalue weighted by Gasteiger charge is -2.25. The van der Waals surface area contributed by atoms with Crippen LogP contribution in [0.3, 0.4) is 0 Å². The molecule has 1 aromatic carbocycles. The smallest absolute Gasteiger partial charge is 0.322 e. The van der Waals surface area contributed by atoms with Crippen LogP contribution in [0.1, 0.15) is 11.6 Å². The number of nitrogens with one attached hydrogen (secondary N) is 2. The van der Waals surface area contributed by atoms with Gasteiger partial charge in [0.15, 0.2) is 0 Å². The molecule has 0 spiro atoms. The standard InChI is InChI=1S/C13H20N2O4/c1-14-11(12(15-2)13(16)17)9-6-5-8(18-3)7-10(9)19-4/h5-7,11-12,14-15H,1-4H3,(H,16,17). The van der Waals surface area contributed by atoms with E-state index in [-0.39, 0.29) is 0 Å². The second-order valence-electron chi connectivity index (χ2n) is 3.98. The molecule has 0 bridgehead atoms. The van der Waals surface area contributed by atoms with Crippen molar-refractivity contribution in [3.8, 4) is 11.5 Å². The van der Waals surface area contributed by atoms with Gasteiger partial charge in [-0.15, -0.1) is 0 Å². The third-order valence-corrected chi connectivity index (χ3v) is 3.00. The number of hydrogen-bond donors (Lipinski definition) is 3. The van der Waals surface area contributed by atoms with Crippen molar-refractivity contribution in [3.05, 3.63) is 23.8 Å². The van der Waals surface area contributed by atoms with E-state index >= 15 is 0 Å². The Morgan fingerprint density at radius 2 is 1.89 bits per heavy atom. The fourth-order valence-electron chi connectivity index (χ4n) is 2.01. The van der Waals surface area contributed by atoms with E-state index in [9.17, 15) is 9.90 Å². The summed E-state index contributed by atoms with van der Waals surface area (Å²) in [5.41, 5.74) is 0.757. The van der Waals surface area contributed by atoms with Gasteiger partial charge in [0.25, 0.3) is 0 Å². The first-order valence-corrected chi connectivity index (χ1v) is 5.88. The number of carbonyl (C=O) groups is 1. The molecule has 0 aromatic heterocycles. The number of benzene rings is 1. The monoisotopic (exact) mass is 268 g/mol. The van der Waals surface area contributed by atoms with Crippen molar-refractivity contribution in [2.75, 3.05) is 28.3 Å². The van der Waals surface area contributed by atoms with Crippen LogP contribution in [0.4, 0.5) is 0 Å². The summed E-state index contributed by atoms with van der Waals surface area (Å²) >= 11 is 0. The molecule has 1 aromatic rings. The van der Waals surface area contributed by atoms with Crippen LogP contribution in [0.15, 0.2) is 18.2 Å². The summed E-state index contributed by atoms with van der Waals surface area (Å²) in [6, 6.07) is 4.13. The van der Waals surface area contributed by atoms with Crippen LogP contribution >= 0.6 is 0 Å². The van der Waals surface area contributed by atoms with Crippen molar-refractivity contribution >= 4 is 5.97 Å². The maximum Gasteiger partial charge on any atom is 0.322 e. The van der Waals surface area contributed by atoms with Gasteiger partial charge in [-0.05, 0) is 26.2 Å². The maximum absolute atomic E-state index is 11.3. The Hall–Kier alpha value is -1.79. The molecule has 1 rings (SSSR count). The van der Waals surface area contributed by atoms with Gasteiger partial charge < -0.3 is 25.2 Å². The summed E-state index contributed by atoms with van der Waals surface area (Å²) < 4.78 is 10.4. The summed E-state index contributed by atoms with van der Waals surface area (Å²) in [7, 11) is 6.43. The van der Waals surface area contributed by atoms with Crippen molar-refractivity contribution in [1.29, 1.82) is 0 Å². The molecule has 0 fully saturated rings. The highest BCUT2D eigenvalue weighted by Gasteiger charge is 2.29. The van der Waals surface area contributed by atoms with E-state index in [0.717, 1.165) is 5.56 Å². The maximum atomic E-state index is 11.3. The van der Waals surface area contributed by atoms with E-state index in [4.69, 9.17) is 9.47 Å². The first-order valence-electron chi connectivity index (χ1n) is 5.88. The van der Waals surface area contributed by atoms with Crippen LogP contribution < -0.4 is 20.1 Å². The van der Waals surface area contributed by atoms with Crippen molar-refractivity contribution in [3.63, 3.8) is 0 Å². The fraction of sp³-hybridized carbons (Fsp3) is 0.462. The van der Waals surface area contributed by atoms with Crippen molar-refractivity contribution in [1.82, 2.24) is 10.6 Å². The number of rotatable bonds is 7. The third kappa shape index (κ3) is 3.36. The van der Waals surface area contributed by atoms with E-state index < -0.39 is 18.1 Å². The Bertz CT molecular complexity index is 437. The second kappa shape index (κ2) is 6.96. The number of ether oxygens (including phenoxy) is 2. The molecule has 0 saturated heterocycles. The molecule has 0 radical (unpaired) electrons. The molecule has 2 atom stereocenters. The van der Waals surface area contributed by atoms with Gasteiger partial charge in [0, 0.05) is 11.6 Å². The largest absolute Gasteiger partial charge is 0.497 e. The Balaban J connectivity index is 3.20. The summed E-state index contributed by atoms with van der Waals surface area (Å²) in [5, 5.41) is 15.0. The van der Waals surface area contributed by atoms with Gasteiger partial charge in [0.05, 0.1) is 20.3 Å². The minimum atomic E-state index is -0.931. The van der Waals surface area contributed by atoms with Gasteiger partial charge in [-0.2, -0.15) is 0 Å². The van der Waals surface area contributed by atoms with E-state index in [2.05, 4.69) is 10.6 Å². The minimum Gasteiger partial charge on any atom is -0.497 e. The lowest BCUT2D eigenvalue weighted by Crippen LogP contribution is -2.44. The van der Waals surface area contributed by atoms with Gasteiger partial charge in [0.2, 0.25) is 0 Å². The highest BCUT2D eigenvalue weighted by molar-refractivity contribution is 5.75. The lowest BCUT2D eigenvalue weighted by molar-refractivity contribution is -0.140. The molecular weight excluding hydrogens is 248 g/mol. The summed E-state index contributed by atoms with van der Waals surface area (Å²) in [4.78, 5) is 11.3. The topological polar surface area (TPSA) is 79.8 Å². The highest BCUT2D eigenvalue weighted by Crippen LogP contribution is 2.31. The van der Waals surface area contributed by atoms with E-state index in [1.54, 1.807) is 46.5 Å². The second-order valence-corrected chi connectivity index (χ2v) is 3.98. The van der Waals surface area contributed by atoms with Crippen LogP contribution in [0.25, 0.3) is 0 Å². The van der Waals surface area contributed by atoms with E-state index in [1.807, 2.05) is 0 Å². The van der Waals surface area contributed by atoms with Crippen LogP contribution in [0, 0.1) is 0 Å². The molecule has 0 amide bonds. The number of methoxy groups -OCH3 is 2. The van der Waals surface area contributed by atoms with Crippen LogP contribution in [0.5, 0.6) is 11.5 Å². The van der Waals surface area contributed by atoms with E-state index in [0.29, 0.717) is 11.5 Å². The first kappa shape index (κ1) is 15.3. The number of hydrogen-bond acceptors (Lipinski definition) is 5. The SMILES string of the molecule is CNC(C(=O)O)C(NC)c1ccc(OC)cc1OC. The number of aliphatic carboxylic acids is 1. The minimum absolute atomic E-state index is 0.414. The summed E-state index contributed by atoms with van der Waals surface area (Å²) in [5.74, 6) is 0.312. The summed E-state index contributed by atoms with van der Waals surface area (Å²) in [6.07, 6.45) is 0. The highest BCUT2D eigenvalue weighted by atomic mass is 16.5. The molecule has 0 aliphatic heterocycles.